The zero-order chi connectivity index (χ0) is 37.3. The molecule has 2 aliphatic rings. The zero-order valence-corrected chi connectivity index (χ0v) is 28.7. The normalized spacial score (nSPS) is 18.3. The minimum absolute atomic E-state index is 0.0346. The van der Waals surface area contributed by atoms with Gasteiger partial charge in [0.2, 0.25) is 0 Å². The Morgan fingerprint density at radius 3 is 1.26 bits per heavy atom. The number of aromatic nitrogens is 4. The first-order valence-corrected chi connectivity index (χ1v) is 17.7. The van der Waals surface area contributed by atoms with Gasteiger partial charge in [0, 0.05) is 13.6 Å². The average molecular weight is 721 g/mol. The summed E-state index contributed by atoms with van der Waals surface area (Å²) in [5.74, 6) is 2.22. The van der Waals surface area contributed by atoms with Crippen molar-refractivity contribution in [3.8, 4) is 22.9 Å². The van der Waals surface area contributed by atoms with Crippen molar-refractivity contribution in [2.24, 2.45) is 24.8 Å². The van der Waals surface area contributed by atoms with Gasteiger partial charge < -0.3 is 4.74 Å². The van der Waals surface area contributed by atoms with Crippen LogP contribution in [-0.4, -0.2) is 18.3 Å². The van der Waals surface area contributed by atoms with Crippen LogP contribution in [-0.2, 0) is 13.6 Å². The van der Waals surface area contributed by atoms with Gasteiger partial charge in [0.15, 0.2) is 0 Å². The van der Waals surface area contributed by atoms with Gasteiger partial charge in [-0.2, -0.15) is 0 Å². The van der Waals surface area contributed by atoms with E-state index in [-0.39, 0.29) is 54.5 Å². The maximum absolute atomic E-state index is 13.6. The lowest BCUT2D eigenvalue weighted by molar-refractivity contribution is 0.292. The molecule has 10 rings (SSSR count). The lowest BCUT2D eigenvalue weighted by Gasteiger charge is -2.21. The smallest absolute Gasteiger partial charge is 0.266 e. The molecule has 0 radical (unpaired) electrons. The van der Waals surface area contributed by atoms with Crippen LogP contribution in [0.1, 0.15) is 25.7 Å². The van der Waals surface area contributed by atoms with E-state index in [1.54, 1.807) is 24.3 Å². The minimum Gasteiger partial charge on any atom is -0.457 e. The van der Waals surface area contributed by atoms with Gasteiger partial charge in [-0.15, -0.1) is 0 Å². The largest absolute Gasteiger partial charge is 0.457 e. The zero-order valence-electron chi connectivity index (χ0n) is 28.7. The Kier molecular flexibility index (Phi) is 6.58. The molecule has 3 atom stereocenters. The molecule has 266 valence electrons. The second-order valence-electron chi connectivity index (χ2n) is 14.7. The first kappa shape index (κ1) is 31.9. The van der Waals surface area contributed by atoms with Crippen LogP contribution in [0.2, 0.25) is 0 Å². The van der Waals surface area contributed by atoms with E-state index >= 15 is 0 Å². The third-order valence-corrected chi connectivity index (χ3v) is 11.8. The number of ether oxygens (including phenoxy) is 1. The molecule has 2 saturated carbocycles. The molecular weight excluding hydrogens is 692 g/mol. The van der Waals surface area contributed by atoms with Crippen molar-refractivity contribution in [1.29, 1.82) is 0 Å². The van der Waals surface area contributed by atoms with Gasteiger partial charge in [0.1, 0.15) is 11.5 Å². The topological polar surface area (TPSA) is 166 Å². The SMILES string of the molecule is Cn1c(=O)c2cc3c(=O)n(-c4ccc(Oc5ccc(-n6c(=O)c7cc8c(=O)n(CC9CC%10CCC9C%10)c(=O)c8cc7c6=O)cc5)cc4)c(=O)c3cc2c1=O. The van der Waals surface area contributed by atoms with E-state index in [2.05, 4.69) is 0 Å². The van der Waals surface area contributed by atoms with E-state index in [1.165, 1.54) is 66.6 Å². The van der Waals surface area contributed by atoms with Gasteiger partial charge in [-0.3, -0.25) is 47.5 Å². The molecule has 4 aromatic carbocycles. The molecule has 2 fully saturated rings. The minimum atomic E-state index is -0.624. The van der Waals surface area contributed by atoms with Crippen molar-refractivity contribution in [2.75, 3.05) is 0 Å². The van der Waals surface area contributed by atoms with E-state index < -0.39 is 44.5 Å². The lowest BCUT2D eigenvalue weighted by Crippen LogP contribution is -2.30. The highest BCUT2D eigenvalue weighted by Gasteiger charge is 2.40. The summed E-state index contributed by atoms with van der Waals surface area (Å²) in [6.45, 7) is 0.366. The second-order valence-corrected chi connectivity index (χ2v) is 14.7. The summed E-state index contributed by atoms with van der Waals surface area (Å²) in [4.78, 5) is 105. The molecule has 13 heteroatoms. The number of rotatable bonds is 6. The first-order chi connectivity index (χ1) is 26.0. The maximum atomic E-state index is 13.6. The van der Waals surface area contributed by atoms with E-state index in [0.717, 1.165) is 33.0 Å². The van der Waals surface area contributed by atoms with Crippen molar-refractivity contribution in [2.45, 2.75) is 32.2 Å². The predicted octanol–water partition coefficient (Wildman–Crippen LogP) is 2.88. The number of nitrogens with zero attached hydrogens (tertiary/aromatic N) is 4. The van der Waals surface area contributed by atoms with Gasteiger partial charge >= 0.3 is 0 Å². The summed E-state index contributed by atoms with van der Waals surface area (Å²) in [7, 11) is 1.34. The Morgan fingerprint density at radius 2 is 0.889 bits per heavy atom. The number of benzene rings is 4. The molecule has 8 aromatic rings. The third kappa shape index (κ3) is 4.38. The standard InChI is InChI=1S/C41H28N4O9/c1-42-34(46)26-14-30-31(15-27(26)35(42)47)39(51)44(38(30)50)22-4-8-24(9-5-22)54-25-10-6-23(7-11-25)45-40(52)32-16-28-29(17-33(32)41(45)53)37(49)43(36(28)48)18-21-13-19-2-3-20(21)12-19/h4-11,14-17,19-21H,2-3,12-13,18H2,1H3. The van der Waals surface area contributed by atoms with Crippen molar-refractivity contribution in [3.63, 3.8) is 0 Å². The van der Waals surface area contributed by atoms with Gasteiger partial charge in [0.25, 0.3) is 44.5 Å². The molecule has 3 unspecified atom stereocenters. The fraction of sp³-hybridized carbons (Fsp3) is 0.220. The van der Waals surface area contributed by atoms with Crippen LogP contribution in [0.15, 0.2) is 111 Å². The molecule has 4 heterocycles. The monoisotopic (exact) mass is 720 g/mol. The van der Waals surface area contributed by atoms with Crippen molar-refractivity contribution >= 4 is 43.1 Å². The van der Waals surface area contributed by atoms with Crippen molar-refractivity contribution in [3.05, 3.63) is 156 Å². The Labute approximate surface area is 301 Å². The van der Waals surface area contributed by atoms with Crippen LogP contribution < -0.4 is 49.2 Å². The quantitative estimate of drug-likeness (QED) is 0.251. The van der Waals surface area contributed by atoms with E-state index in [0.29, 0.717) is 35.8 Å². The molecule has 0 saturated heterocycles. The molecule has 2 aliphatic carbocycles. The van der Waals surface area contributed by atoms with Crippen molar-refractivity contribution in [1.82, 2.24) is 18.3 Å². The molecule has 2 bridgehead atoms. The molecule has 13 nitrogen and oxygen atoms in total. The average Bonchev–Trinajstić information content (AvgIpc) is 4.00. The molecule has 0 aliphatic heterocycles. The maximum Gasteiger partial charge on any atom is 0.266 e. The Bertz CT molecular complexity index is 3210. The highest BCUT2D eigenvalue weighted by atomic mass is 16.5. The van der Waals surface area contributed by atoms with Crippen LogP contribution in [0.25, 0.3) is 54.5 Å². The summed E-state index contributed by atoms with van der Waals surface area (Å²) in [5, 5.41) is 0.646. The first-order valence-electron chi connectivity index (χ1n) is 17.7. The predicted molar refractivity (Wildman–Crippen MR) is 202 cm³/mol. The highest BCUT2D eigenvalue weighted by molar-refractivity contribution is 5.99. The molecule has 0 N–H and O–H groups in total. The van der Waals surface area contributed by atoms with Crippen LogP contribution in [0.4, 0.5) is 0 Å². The lowest BCUT2D eigenvalue weighted by atomic mass is 9.89. The van der Waals surface area contributed by atoms with Gasteiger partial charge in [-0.1, -0.05) is 6.42 Å². The molecular formula is C41H28N4O9. The number of hydrogen-bond donors (Lipinski definition) is 0. The Hall–Kier alpha value is -6.76. The molecule has 54 heavy (non-hydrogen) atoms. The van der Waals surface area contributed by atoms with E-state index in [1.807, 2.05) is 0 Å². The van der Waals surface area contributed by atoms with Crippen molar-refractivity contribution < 1.29 is 4.74 Å². The molecule has 4 aromatic heterocycles. The van der Waals surface area contributed by atoms with Gasteiger partial charge in [0.05, 0.1) is 54.5 Å². The second kappa shape index (κ2) is 11.1. The third-order valence-electron chi connectivity index (χ3n) is 11.8. The summed E-state index contributed by atoms with van der Waals surface area (Å²) in [5.41, 5.74) is -3.86. The van der Waals surface area contributed by atoms with Crippen LogP contribution in [0, 0.1) is 17.8 Å². The van der Waals surface area contributed by atoms with E-state index in [9.17, 15) is 38.4 Å². The fourth-order valence-corrected chi connectivity index (χ4v) is 9.05. The summed E-state index contributed by atoms with van der Waals surface area (Å²) in [6, 6.07) is 17.7. The molecule has 0 spiro atoms. The Balaban J connectivity index is 0.921. The summed E-state index contributed by atoms with van der Waals surface area (Å²) in [6.07, 6.45) is 4.51. The van der Waals surface area contributed by atoms with E-state index in [4.69, 9.17) is 4.74 Å². The van der Waals surface area contributed by atoms with Gasteiger partial charge in [-0.25, -0.2) is 9.13 Å². The van der Waals surface area contributed by atoms with Crippen LogP contribution in [0.3, 0.4) is 0 Å². The Morgan fingerprint density at radius 1 is 0.500 bits per heavy atom. The summed E-state index contributed by atoms with van der Waals surface area (Å²) >= 11 is 0. The van der Waals surface area contributed by atoms with Gasteiger partial charge in [-0.05, 0) is 110 Å². The number of fused-ring (bicyclic) bond motifs is 6. The number of hydrogen-bond acceptors (Lipinski definition) is 9. The van der Waals surface area contributed by atoms with Crippen LogP contribution in [0.5, 0.6) is 11.5 Å². The summed E-state index contributed by atoms with van der Waals surface area (Å²) < 4.78 is 10.1. The van der Waals surface area contributed by atoms with Crippen LogP contribution >= 0.6 is 0 Å². The highest BCUT2D eigenvalue weighted by Crippen LogP contribution is 2.48. The fourth-order valence-electron chi connectivity index (χ4n) is 9.05. The molecule has 0 amide bonds.